The van der Waals surface area contributed by atoms with Crippen molar-refractivity contribution in [2.45, 2.75) is 53.5 Å². The number of carbonyl (C=O) groups is 1. The second-order valence-electron chi connectivity index (χ2n) is 6.35. The predicted molar refractivity (Wildman–Crippen MR) is 102 cm³/mol. The lowest BCUT2D eigenvalue weighted by Crippen LogP contribution is -2.31. The molecule has 24 heavy (non-hydrogen) atoms. The molecular weight excluding hydrogens is 300 g/mol. The molecule has 0 radical (unpaired) electrons. The smallest absolute Gasteiger partial charge is 0.338 e. The van der Waals surface area contributed by atoms with Crippen LogP contribution in [0.5, 0.6) is 0 Å². The third kappa shape index (κ3) is 6.52. The first kappa shape index (κ1) is 20.5. The van der Waals surface area contributed by atoms with Gasteiger partial charge in [0.1, 0.15) is 6.61 Å². The Labute approximate surface area is 147 Å². The Balaban J connectivity index is 2.60. The third-order valence-electron chi connectivity index (χ3n) is 4.35. The van der Waals surface area contributed by atoms with Crippen molar-refractivity contribution in [1.29, 1.82) is 0 Å². The van der Waals surface area contributed by atoms with E-state index >= 15 is 0 Å². The molecule has 0 spiro atoms. The van der Waals surface area contributed by atoms with Crippen molar-refractivity contribution >= 4 is 11.7 Å². The molecule has 0 saturated carbocycles. The third-order valence-corrected chi connectivity index (χ3v) is 4.35. The van der Waals surface area contributed by atoms with Crippen LogP contribution in [0.2, 0.25) is 0 Å². The Morgan fingerprint density at radius 2 is 1.67 bits per heavy atom. The van der Waals surface area contributed by atoms with Gasteiger partial charge in [0, 0.05) is 24.8 Å². The van der Waals surface area contributed by atoms with Gasteiger partial charge in [-0.1, -0.05) is 27.2 Å². The van der Waals surface area contributed by atoms with Gasteiger partial charge in [0.2, 0.25) is 0 Å². The van der Waals surface area contributed by atoms with Crippen LogP contribution in [-0.4, -0.2) is 49.7 Å². The highest BCUT2D eigenvalue weighted by molar-refractivity contribution is 5.89. The van der Waals surface area contributed by atoms with Crippen molar-refractivity contribution in [3.05, 3.63) is 29.8 Å². The predicted octanol–water partition coefficient (Wildman–Crippen LogP) is 4.20. The van der Waals surface area contributed by atoms with Gasteiger partial charge in [0.15, 0.2) is 0 Å². The number of nitrogens with zero attached hydrogens (tertiary/aromatic N) is 2. The van der Waals surface area contributed by atoms with E-state index in [1.165, 1.54) is 12.8 Å². The Bertz CT molecular complexity index is 467. The molecule has 0 aliphatic rings. The molecule has 0 N–H and O–H groups in total. The van der Waals surface area contributed by atoms with Gasteiger partial charge in [-0.15, -0.1) is 0 Å². The summed E-state index contributed by atoms with van der Waals surface area (Å²) in [5.41, 5.74) is 1.79. The number of ether oxygens (including phenoxy) is 1. The molecule has 4 heteroatoms. The highest BCUT2D eigenvalue weighted by Gasteiger charge is 2.12. The van der Waals surface area contributed by atoms with Crippen LogP contribution in [0.3, 0.4) is 0 Å². The van der Waals surface area contributed by atoms with Gasteiger partial charge in [-0.25, -0.2) is 4.79 Å². The van der Waals surface area contributed by atoms with Gasteiger partial charge in [-0.3, -0.25) is 0 Å². The lowest BCUT2D eigenvalue weighted by Gasteiger charge is -2.29. The molecule has 0 bridgehead atoms. The molecule has 0 saturated heterocycles. The second kappa shape index (κ2) is 11.1. The van der Waals surface area contributed by atoms with Crippen LogP contribution in [0.1, 0.15) is 57.8 Å². The summed E-state index contributed by atoms with van der Waals surface area (Å²) in [7, 11) is 0. The lowest BCUT2D eigenvalue weighted by atomic mass is 10.1. The minimum atomic E-state index is -0.238. The van der Waals surface area contributed by atoms with Gasteiger partial charge >= 0.3 is 5.97 Å². The number of unbranched alkanes of at least 4 members (excludes halogenated alkanes) is 1. The van der Waals surface area contributed by atoms with E-state index < -0.39 is 0 Å². The molecule has 0 aliphatic heterocycles. The van der Waals surface area contributed by atoms with Crippen LogP contribution in [0.15, 0.2) is 24.3 Å². The molecule has 0 amide bonds. The highest BCUT2D eigenvalue weighted by Crippen LogP contribution is 2.19. The maximum absolute atomic E-state index is 12.1. The topological polar surface area (TPSA) is 32.8 Å². The van der Waals surface area contributed by atoms with Crippen molar-refractivity contribution in [1.82, 2.24) is 4.90 Å². The SMILES string of the molecule is CCCCN(c1ccc(C(=O)OCCN(CC)CC)cc1)C(C)C. The fourth-order valence-electron chi connectivity index (χ4n) is 2.69. The zero-order valence-electron chi connectivity index (χ0n) is 16.0. The molecule has 0 atom stereocenters. The molecule has 0 unspecified atom stereocenters. The van der Waals surface area contributed by atoms with E-state index in [4.69, 9.17) is 4.74 Å². The van der Waals surface area contributed by atoms with E-state index in [0.717, 1.165) is 31.9 Å². The molecule has 4 nitrogen and oxygen atoms in total. The van der Waals surface area contributed by atoms with E-state index in [9.17, 15) is 4.79 Å². The van der Waals surface area contributed by atoms with Crippen molar-refractivity contribution in [2.24, 2.45) is 0 Å². The fourth-order valence-corrected chi connectivity index (χ4v) is 2.69. The number of rotatable bonds is 11. The van der Waals surface area contributed by atoms with Crippen LogP contribution in [0, 0.1) is 0 Å². The molecule has 0 fully saturated rings. The number of likely N-dealkylation sites (N-methyl/N-ethyl adjacent to an activating group) is 1. The summed E-state index contributed by atoms with van der Waals surface area (Å²) in [6.07, 6.45) is 2.35. The molecule has 0 aliphatic carbocycles. The maximum Gasteiger partial charge on any atom is 0.338 e. The number of benzene rings is 1. The number of hydrogen-bond acceptors (Lipinski definition) is 4. The fraction of sp³-hybridized carbons (Fsp3) is 0.650. The van der Waals surface area contributed by atoms with E-state index in [-0.39, 0.29) is 5.97 Å². The maximum atomic E-state index is 12.1. The van der Waals surface area contributed by atoms with Gasteiger partial charge in [-0.05, 0) is 57.6 Å². The zero-order valence-corrected chi connectivity index (χ0v) is 16.0. The van der Waals surface area contributed by atoms with E-state index in [0.29, 0.717) is 18.2 Å². The van der Waals surface area contributed by atoms with Gasteiger partial charge in [-0.2, -0.15) is 0 Å². The van der Waals surface area contributed by atoms with Gasteiger partial charge in [0.25, 0.3) is 0 Å². The minimum Gasteiger partial charge on any atom is -0.461 e. The summed E-state index contributed by atoms with van der Waals surface area (Å²) in [6.45, 7) is 15.1. The normalized spacial score (nSPS) is 11.1. The molecule has 1 aromatic rings. The standard InChI is InChI=1S/C20H34N2O2/c1-6-9-14-22(17(4)5)19-12-10-18(11-13-19)20(23)24-16-15-21(7-2)8-3/h10-13,17H,6-9,14-16H2,1-5H3. The molecule has 0 aromatic heterocycles. The Morgan fingerprint density at radius 1 is 1.04 bits per heavy atom. The summed E-state index contributed by atoms with van der Waals surface area (Å²) < 4.78 is 5.38. The number of esters is 1. The molecule has 136 valence electrons. The van der Waals surface area contributed by atoms with Crippen molar-refractivity contribution in [2.75, 3.05) is 37.7 Å². The van der Waals surface area contributed by atoms with Crippen LogP contribution in [0.4, 0.5) is 5.69 Å². The Morgan fingerprint density at radius 3 is 2.17 bits per heavy atom. The minimum absolute atomic E-state index is 0.238. The number of hydrogen-bond donors (Lipinski definition) is 0. The van der Waals surface area contributed by atoms with Crippen molar-refractivity contribution in [3.8, 4) is 0 Å². The molecule has 0 heterocycles. The monoisotopic (exact) mass is 334 g/mol. The van der Waals surface area contributed by atoms with Gasteiger partial charge in [0.05, 0.1) is 5.56 Å². The summed E-state index contributed by atoms with van der Waals surface area (Å²) in [5.74, 6) is -0.238. The van der Waals surface area contributed by atoms with Crippen molar-refractivity contribution in [3.63, 3.8) is 0 Å². The molecular formula is C20H34N2O2. The Kier molecular flexibility index (Phi) is 9.46. The summed E-state index contributed by atoms with van der Waals surface area (Å²) in [5, 5.41) is 0. The van der Waals surface area contributed by atoms with Crippen LogP contribution < -0.4 is 4.90 Å². The average molecular weight is 335 g/mol. The zero-order chi connectivity index (χ0) is 17.9. The van der Waals surface area contributed by atoms with Gasteiger partial charge < -0.3 is 14.5 Å². The highest BCUT2D eigenvalue weighted by atomic mass is 16.5. The molecule has 1 rings (SSSR count). The van der Waals surface area contributed by atoms with Crippen molar-refractivity contribution < 1.29 is 9.53 Å². The summed E-state index contributed by atoms with van der Waals surface area (Å²) in [6, 6.07) is 8.24. The first-order valence-corrected chi connectivity index (χ1v) is 9.29. The quantitative estimate of drug-likeness (QED) is 0.568. The summed E-state index contributed by atoms with van der Waals surface area (Å²) >= 11 is 0. The van der Waals surface area contributed by atoms with E-state index in [2.05, 4.69) is 44.4 Å². The molecule has 1 aromatic carbocycles. The second-order valence-corrected chi connectivity index (χ2v) is 6.35. The number of anilines is 1. The largest absolute Gasteiger partial charge is 0.461 e. The number of carbonyl (C=O) groups excluding carboxylic acids is 1. The lowest BCUT2D eigenvalue weighted by molar-refractivity contribution is 0.0466. The summed E-state index contributed by atoms with van der Waals surface area (Å²) in [4.78, 5) is 16.8. The average Bonchev–Trinajstić information content (AvgIpc) is 2.59. The van der Waals surface area contributed by atoms with Crippen LogP contribution >= 0.6 is 0 Å². The van der Waals surface area contributed by atoms with E-state index in [1.54, 1.807) is 0 Å². The first-order chi connectivity index (χ1) is 11.5. The van der Waals surface area contributed by atoms with Crippen LogP contribution in [0.25, 0.3) is 0 Å². The van der Waals surface area contributed by atoms with E-state index in [1.807, 2.05) is 24.3 Å². The van der Waals surface area contributed by atoms with Crippen LogP contribution in [-0.2, 0) is 4.74 Å². The Hall–Kier alpha value is -1.55. The first-order valence-electron chi connectivity index (χ1n) is 9.29.